The second-order valence-corrected chi connectivity index (χ2v) is 9.82. The molecule has 1 amide bonds. The third kappa shape index (κ3) is 4.31. The van der Waals surface area contributed by atoms with E-state index in [-0.39, 0.29) is 22.5 Å². The van der Waals surface area contributed by atoms with E-state index in [0.717, 1.165) is 18.4 Å². The maximum Gasteiger partial charge on any atom is 0.230 e. The van der Waals surface area contributed by atoms with Crippen molar-refractivity contribution in [2.45, 2.75) is 49.2 Å². The van der Waals surface area contributed by atoms with E-state index in [4.69, 9.17) is 4.42 Å². The van der Waals surface area contributed by atoms with Gasteiger partial charge in [-0.2, -0.15) is 0 Å². The first-order chi connectivity index (χ1) is 14.4. The van der Waals surface area contributed by atoms with Crippen LogP contribution in [0.4, 0.5) is 5.69 Å². The molecule has 7 heteroatoms. The van der Waals surface area contributed by atoms with Crippen molar-refractivity contribution in [3.63, 3.8) is 0 Å². The third-order valence-corrected chi connectivity index (χ3v) is 7.69. The highest BCUT2D eigenvalue weighted by atomic mass is 32.2. The van der Waals surface area contributed by atoms with Crippen LogP contribution in [0.3, 0.4) is 0 Å². The van der Waals surface area contributed by atoms with Gasteiger partial charge in [0.2, 0.25) is 11.8 Å². The Morgan fingerprint density at radius 2 is 1.83 bits per heavy atom. The average molecular weight is 425 g/mol. The minimum atomic E-state index is -3.37. The lowest BCUT2D eigenvalue weighted by Crippen LogP contribution is -2.19. The van der Waals surface area contributed by atoms with E-state index in [9.17, 15) is 13.2 Å². The predicted molar refractivity (Wildman–Crippen MR) is 115 cm³/mol. The van der Waals surface area contributed by atoms with Gasteiger partial charge in [-0.15, -0.1) is 0 Å². The summed E-state index contributed by atoms with van der Waals surface area (Å²) in [5, 5.41) is 2.46. The Morgan fingerprint density at radius 1 is 1.10 bits per heavy atom. The van der Waals surface area contributed by atoms with Crippen molar-refractivity contribution in [1.29, 1.82) is 0 Å². The van der Waals surface area contributed by atoms with Crippen LogP contribution in [0.15, 0.2) is 63.9 Å². The van der Waals surface area contributed by atoms with Gasteiger partial charge in [-0.25, -0.2) is 13.4 Å². The number of anilines is 1. The highest BCUT2D eigenvalue weighted by Crippen LogP contribution is 2.30. The van der Waals surface area contributed by atoms with Crippen LogP contribution in [0.5, 0.6) is 0 Å². The Kier molecular flexibility index (Phi) is 5.72. The molecule has 0 radical (unpaired) electrons. The second-order valence-electron chi connectivity index (χ2n) is 7.59. The van der Waals surface area contributed by atoms with Crippen LogP contribution >= 0.6 is 0 Å². The molecule has 1 N–H and O–H groups in total. The zero-order valence-corrected chi connectivity index (χ0v) is 17.6. The number of nitrogens with one attached hydrogen (secondary N) is 1. The molecule has 30 heavy (non-hydrogen) atoms. The first-order valence-corrected chi connectivity index (χ1v) is 11.6. The Morgan fingerprint density at radius 3 is 2.57 bits per heavy atom. The molecule has 1 fully saturated rings. The maximum atomic E-state index is 12.8. The van der Waals surface area contributed by atoms with Gasteiger partial charge in [-0.05, 0) is 50.1 Å². The van der Waals surface area contributed by atoms with Gasteiger partial charge < -0.3 is 9.73 Å². The van der Waals surface area contributed by atoms with Crippen LogP contribution in [0.1, 0.15) is 37.1 Å². The Hall–Kier alpha value is -2.93. The molecule has 1 aliphatic rings. The number of hydrogen-bond acceptors (Lipinski definition) is 5. The molecule has 0 aliphatic heterocycles. The Labute approximate surface area is 176 Å². The van der Waals surface area contributed by atoms with Crippen LogP contribution < -0.4 is 5.32 Å². The first kappa shape index (κ1) is 20.3. The largest absolute Gasteiger partial charge is 0.441 e. The van der Waals surface area contributed by atoms with Crippen molar-refractivity contribution in [1.82, 2.24) is 4.98 Å². The van der Waals surface area contributed by atoms with Gasteiger partial charge in [0.25, 0.3) is 0 Å². The van der Waals surface area contributed by atoms with E-state index in [0.29, 0.717) is 35.9 Å². The molecule has 156 valence electrons. The third-order valence-electron chi connectivity index (χ3n) is 5.43. The number of benzene rings is 2. The topological polar surface area (TPSA) is 89.3 Å². The summed E-state index contributed by atoms with van der Waals surface area (Å²) >= 11 is 0. The molecular weight excluding hydrogens is 400 g/mol. The minimum absolute atomic E-state index is 0.0434. The zero-order valence-electron chi connectivity index (χ0n) is 16.8. The van der Waals surface area contributed by atoms with Crippen molar-refractivity contribution in [3.8, 4) is 11.5 Å². The number of sulfone groups is 1. The van der Waals surface area contributed by atoms with E-state index in [1.54, 1.807) is 25.1 Å². The summed E-state index contributed by atoms with van der Waals surface area (Å²) in [6.45, 7) is 1.77. The molecule has 1 aromatic heterocycles. The highest BCUT2D eigenvalue weighted by molar-refractivity contribution is 7.92. The van der Waals surface area contributed by atoms with Gasteiger partial charge in [-0.3, -0.25) is 4.79 Å². The number of carbonyl (C=O) groups is 1. The fourth-order valence-corrected chi connectivity index (χ4v) is 5.69. The van der Waals surface area contributed by atoms with Crippen molar-refractivity contribution < 1.29 is 17.6 Å². The standard InChI is InChI=1S/C23H24N2O4S/c1-16-21(25-23(29-16)17-8-3-2-4-9-17)15-22(26)24-18-10-7-13-20(14-18)30(27,28)19-11-5-6-12-19/h2-4,7-10,13-14,19H,5-6,11-12,15H2,1H3,(H,24,26). The number of aryl methyl sites for hydroxylation is 1. The molecular formula is C23H24N2O4S. The van der Waals surface area contributed by atoms with E-state index < -0.39 is 9.84 Å². The molecule has 0 atom stereocenters. The smallest absolute Gasteiger partial charge is 0.230 e. The normalized spacial score (nSPS) is 14.7. The molecule has 1 saturated carbocycles. The summed E-state index contributed by atoms with van der Waals surface area (Å²) in [6.07, 6.45) is 3.34. The molecule has 6 nitrogen and oxygen atoms in total. The first-order valence-electron chi connectivity index (χ1n) is 10.1. The molecule has 4 rings (SSSR count). The van der Waals surface area contributed by atoms with Gasteiger partial charge in [0.05, 0.1) is 22.3 Å². The quantitative estimate of drug-likeness (QED) is 0.627. The summed E-state index contributed by atoms with van der Waals surface area (Å²) in [6, 6.07) is 16.0. The number of carbonyl (C=O) groups excluding carboxylic acids is 1. The van der Waals surface area contributed by atoms with Crippen LogP contribution in [-0.4, -0.2) is 24.6 Å². The molecule has 0 spiro atoms. The van der Waals surface area contributed by atoms with Gasteiger partial charge in [0, 0.05) is 11.3 Å². The van der Waals surface area contributed by atoms with E-state index in [1.807, 2.05) is 30.3 Å². The summed E-state index contributed by atoms with van der Waals surface area (Å²) in [5.74, 6) is 0.781. The fourth-order valence-electron chi connectivity index (χ4n) is 3.80. The SMILES string of the molecule is Cc1oc(-c2ccccc2)nc1CC(=O)Nc1cccc(S(=O)(=O)C2CCCC2)c1. The van der Waals surface area contributed by atoms with Gasteiger partial charge in [0.15, 0.2) is 9.84 Å². The lowest BCUT2D eigenvalue weighted by atomic mass is 10.2. The fraction of sp³-hybridized carbons (Fsp3) is 0.304. The molecule has 0 bridgehead atoms. The lowest BCUT2D eigenvalue weighted by molar-refractivity contribution is -0.115. The maximum absolute atomic E-state index is 12.8. The van der Waals surface area contributed by atoms with Crippen molar-refractivity contribution >= 4 is 21.4 Å². The van der Waals surface area contributed by atoms with Crippen molar-refractivity contribution in [2.24, 2.45) is 0 Å². The second kappa shape index (κ2) is 8.44. The van der Waals surface area contributed by atoms with E-state index >= 15 is 0 Å². The van der Waals surface area contributed by atoms with Crippen LogP contribution in [-0.2, 0) is 21.1 Å². The highest BCUT2D eigenvalue weighted by Gasteiger charge is 2.30. The Balaban J connectivity index is 1.47. The summed E-state index contributed by atoms with van der Waals surface area (Å²) in [4.78, 5) is 17.3. The Bertz CT molecular complexity index is 1150. The molecule has 2 aromatic carbocycles. The van der Waals surface area contributed by atoms with Gasteiger partial charge in [0.1, 0.15) is 5.76 Å². The summed E-state index contributed by atoms with van der Waals surface area (Å²) < 4.78 is 31.3. The molecule has 0 unspecified atom stereocenters. The van der Waals surface area contributed by atoms with E-state index in [1.165, 1.54) is 6.07 Å². The molecule has 3 aromatic rings. The molecule has 1 heterocycles. The molecule has 1 aliphatic carbocycles. The van der Waals surface area contributed by atoms with E-state index in [2.05, 4.69) is 10.3 Å². The number of oxazole rings is 1. The van der Waals surface area contributed by atoms with Crippen molar-refractivity contribution in [3.05, 3.63) is 66.1 Å². The lowest BCUT2D eigenvalue weighted by Gasteiger charge is -2.12. The van der Waals surface area contributed by atoms with Crippen LogP contribution in [0.2, 0.25) is 0 Å². The monoisotopic (exact) mass is 424 g/mol. The number of aromatic nitrogens is 1. The van der Waals surface area contributed by atoms with Crippen LogP contribution in [0, 0.1) is 6.92 Å². The number of rotatable bonds is 6. The number of amides is 1. The zero-order chi connectivity index (χ0) is 21.1. The van der Waals surface area contributed by atoms with Gasteiger partial charge >= 0.3 is 0 Å². The minimum Gasteiger partial charge on any atom is -0.441 e. The number of nitrogens with zero attached hydrogens (tertiary/aromatic N) is 1. The van der Waals surface area contributed by atoms with Gasteiger partial charge in [-0.1, -0.05) is 37.1 Å². The molecule has 0 saturated heterocycles. The summed E-state index contributed by atoms with van der Waals surface area (Å²) in [5.41, 5.74) is 1.86. The summed E-state index contributed by atoms with van der Waals surface area (Å²) in [7, 11) is -3.37. The predicted octanol–water partition coefficient (Wildman–Crippen LogP) is 4.55. The van der Waals surface area contributed by atoms with Crippen LogP contribution in [0.25, 0.3) is 11.5 Å². The van der Waals surface area contributed by atoms with Crippen molar-refractivity contribution in [2.75, 3.05) is 5.32 Å². The number of hydrogen-bond donors (Lipinski definition) is 1. The average Bonchev–Trinajstić information content (AvgIpc) is 3.40.